The third-order valence-electron chi connectivity index (χ3n) is 7.85. The smallest absolute Gasteiger partial charge is 0.253 e. The number of rotatable bonds is 20. The molecule has 3 aromatic rings. The van der Waals surface area contributed by atoms with Crippen LogP contribution < -0.4 is 15.3 Å². The second-order valence-electron chi connectivity index (χ2n) is 12.2. The predicted octanol–water partition coefficient (Wildman–Crippen LogP) is 3.14. The summed E-state index contributed by atoms with van der Waals surface area (Å²) in [5, 5.41) is 31.0. The van der Waals surface area contributed by atoms with E-state index < -0.39 is 48.9 Å². The molecule has 50 heavy (non-hydrogen) atoms. The Labute approximate surface area is 295 Å². The number of carbonyl (C=O) groups is 2. The van der Waals surface area contributed by atoms with Gasteiger partial charge in [-0.15, -0.1) is 4.83 Å². The Hall–Kier alpha value is -3.86. The molecule has 2 atom stereocenters. The number of unbranched alkanes of at least 4 members (excludes halogenated alkanes) is 1. The molecule has 13 nitrogen and oxygen atoms in total. The van der Waals surface area contributed by atoms with Crippen molar-refractivity contribution in [1.29, 1.82) is 0 Å². The fourth-order valence-corrected chi connectivity index (χ4v) is 7.21. The van der Waals surface area contributed by atoms with Crippen LogP contribution in [0.3, 0.4) is 0 Å². The molecular formula is C35H49N5O8S2. The Morgan fingerprint density at radius 1 is 0.820 bits per heavy atom. The average molecular weight is 732 g/mol. The van der Waals surface area contributed by atoms with Gasteiger partial charge in [-0.2, -0.15) is 0 Å². The Morgan fingerprint density at radius 2 is 1.44 bits per heavy atom. The molecule has 274 valence electrons. The zero-order valence-electron chi connectivity index (χ0n) is 28.8. The fraction of sp³-hybridized carbons (Fsp3) is 0.429. The number of aromatic hydroxyl groups is 1. The number of sulfonamides is 2. The molecule has 15 heteroatoms. The molecule has 3 rings (SSSR count). The zero-order chi connectivity index (χ0) is 36.9. The van der Waals surface area contributed by atoms with E-state index in [2.05, 4.69) is 10.1 Å². The summed E-state index contributed by atoms with van der Waals surface area (Å²) in [5.74, 6) is -1.50. The summed E-state index contributed by atoms with van der Waals surface area (Å²) in [4.78, 5) is 31.0. The number of nitrogens with one attached hydrogen (secondary N) is 2. The number of primary sulfonamides is 1. The van der Waals surface area contributed by atoms with Gasteiger partial charge in [0.1, 0.15) is 5.75 Å². The Kier molecular flexibility index (Phi) is 15.4. The molecule has 2 amide bonds. The van der Waals surface area contributed by atoms with Crippen LogP contribution in [0.15, 0.2) is 77.7 Å². The van der Waals surface area contributed by atoms with Crippen LogP contribution in [0.5, 0.6) is 5.75 Å². The van der Waals surface area contributed by atoms with Crippen LogP contribution in [0.2, 0.25) is 0 Å². The van der Waals surface area contributed by atoms with Gasteiger partial charge in [0.2, 0.25) is 20.0 Å². The van der Waals surface area contributed by atoms with Crippen molar-refractivity contribution in [1.82, 2.24) is 20.1 Å². The molecule has 0 aliphatic carbocycles. The van der Waals surface area contributed by atoms with Gasteiger partial charge in [0.05, 0.1) is 22.8 Å². The fourth-order valence-electron chi connectivity index (χ4n) is 5.37. The van der Waals surface area contributed by atoms with Crippen LogP contribution in [0, 0.1) is 0 Å². The summed E-state index contributed by atoms with van der Waals surface area (Å²) >= 11 is 0. The van der Waals surface area contributed by atoms with Crippen molar-refractivity contribution in [3.63, 3.8) is 0 Å². The molecule has 0 saturated heterocycles. The molecule has 0 radical (unpaired) electrons. The predicted molar refractivity (Wildman–Crippen MR) is 192 cm³/mol. The number of aliphatic hydroxyl groups excluding tert-OH is 1. The minimum absolute atomic E-state index is 0.0191. The van der Waals surface area contributed by atoms with E-state index in [1.807, 2.05) is 20.8 Å². The number of hydrogen-bond acceptors (Lipinski definition) is 9. The van der Waals surface area contributed by atoms with Crippen molar-refractivity contribution in [2.45, 2.75) is 75.7 Å². The van der Waals surface area contributed by atoms with E-state index in [1.165, 1.54) is 23.2 Å². The lowest BCUT2D eigenvalue weighted by molar-refractivity contribution is 0.0614. The Bertz CT molecular complexity index is 1770. The second kappa shape index (κ2) is 18.9. The summed E-state index contributed by atoms with van der Waals surface area (Å²) in [7, 11) is -8.19. The van der Waals surface area contributed by atoms with Crippen molar-refractivity contribution in [3.8, 4) is 5.75 Å². The average Bonchev–Trinajstić information content (AvgIpc) is 3.06. The van der Waals surface area contributed by atoms with Gasteiger partial charge in [-0.1, -0.05) is 69.7 Å². The van der Waals surface area contributed by atoms with Gasteiger partial charge in [0.25, 0.3) is 11.8 Å². The number of phenols is 1. The van der Waals surface area contributed by atoms with Gasteiger partial charge in [-0.3, -0.25) is 9.59 Å². The van der Waals surface area contributed by atoms with E-state index in [0.29, 0.717) is 43.5 Å². The Balaban J connectivity index is 1.95. The summed E-state index contributed by atoms with van der Waals surface area (Å²) in [6.45, 7) is 6.69. The minimum Gasteiger partial charge on any atom is -0.508 e. The van der Waals surface area contributed by atoms with E-state index in [9.17, 15) is 36.6 Å². The van der Waals surface area contributed by atoms with Gasteiger partial charge in [0.15, 0.2) is 0 Å². The van der Waals surface area contributed by atoms with Crippen LogP contribution in [-0.4, -0.2) is 87.1 Å². The molecule has 3 aromatic carbocycles. The number of hydrazine groups is 1. The molecule has 0 heterocycles. The first kappa shape index (κ1) is 40.6. The maximum absolute atomic E-state index is 13.8. The highest BCUT2D eigenvalue weighted by atomic mass is 32.2. The van der Waals surface area contributed by atoms with Crippen molar-refractivity contribution >= 4 is 31.9 Å². The number of nitrogens with zero attached hydrogens (tertiary/aromatic N) is 2. The summed E-state index contributed by atoms with van der Waals surface area (Å²) < 4.78 is 51.1. The van der Waals surface area contributed by atoms with E-state index >= 15 is 0 Å². The zero-order valence-corrected chi connectivity index (χ0v) is 30.4. The van der Waals surface area contributed by atoms with E-state index in [0.717, 1.165) is 18.6 Å². The largest absolute Gasteiger partial charge is 0.508 e. The summed E-state index contributed by atoms with van der Waals surface area (Å²) in [5.41, 5.74) is 1.03. The monoisotopic (exact) mass is 731 g/mol. The van der Waals surface area contributed by atoms with Crippen LogP contribution >= 0.6 is 0 Å². The number of amides is 2. The molecule has 0 saturated carbocycles. The Morgan fingerprint density at radius 3 is 2.02 bits per heavy atom. The number of hydrogen-bond donors (Lipinski definition) is 5. The molecule has 6 N–H and O–H groups in total. The summed E-state index contributed by atoms with van der Waals surface area (Å²) in [6.07, 6.45) is 1.42. The SMILES string of the molecule is CCCCN(CC(O)C(Cc1ccc(O)cc1)NC(=O)c1cc(C(=O)N(CCC)CCC)cc(S(N)(=O)=O)c1)NS(=O)(=O)Cc1ccccc1. The van der Waals surface area contributed by atoms with Gasteiger partial charge >= 0.3 is 0 Å². The molecule has 0 aliphatic heterocycles. The molecule has 2 unspecified atom stereocenters. The van der Waals surface area contributed by atoms with E-state index in [4.69, 9.17) is 5.14 Å². The lowest BCUT2D eigenvalue weighted by atomic mass is 9.99. The van der Waals surface area contributed by atoms with Crippen molar-refractivity contribution in [2.24, 2.45) is 5.14 Å². The molecule has 0 aromatic heterocycles. The van der Waals surface area contributed by atoms with Crippen molar-refractivity contribution in [2.75, 3.05) is 26.2 Å². The maximum Gasteiger partial charge on any atom is 0.253 e. The highest BCUT2D eigenvalue weighted by Gasteiger charge is 2.28. The summed E-state index contributed by atoms with van der Waals surface area (Å²) in [6, 6.07) is 17.3. The minimum atomic E-state index is -4.32. The van der Waals surface area contributed by atoms with E-state index in [1.54, 1.807) is 47.4 Å². The number of nitrogens with two attached hydrogens (primary N) is 1. The van der Waals surface area contributed by atoms with Crippen LogP contribution in [0.4, 0.5) is 0 Å². The topological polar surface area (TPSA) is 199 Å². The number of carbonyl (C=O) groups excluding carboxylic acids is 2. The number of aliphatic hydroxyl groups is 1. The lowest BCUT2D eigenvalue weighted by Crippen LogP contribution is -2.53. The number of benzene rings is 3. The first-order chi connectivity index (χ1) is 23.6. The molecular weight excluding hydrogens is 683 g/mol. The maximum atomic E-state index is 13.8. The van der Waals surface area contributed by atoms with Crippen LogP contribution in [0.25, 0.3) is 0 Å². The van der Waals surface area contributed by atoms with Crippen molar-refractivity contribution < 1.29 is 36.6 Å². The highest BCUT2D eigenvalue weighted by molar-refractivity contribution is 7.89. The van der Waals surface area contributed by atoms with Gasteiger partial charge in [-0.25, -0.2) is 27.0 Å². The first-order valence-electron chi connectivity index (χ1n) is 16.7. The standard InChI is InChI=1S/C35H49N5O8S2/c1-4-7-19-40(38-49(45,46)25-27-11-9-8-10-12-27)24-33(42)32(20-26-13-15-30(41)16-14-26)37-34(43)28-21-29(23-31(22-28)50(36,47)48)35(44)39(17-5-2)18-6-3/h8-16,21-23,32-33,38,41-42H,4-7,17-20,24-25H2,1-3H3,(H,37,43)(H2,36,47,48). The lowest BCUT2D eigenvalue weighted by Gasteiger charge is -2.30. The molecule has 0 bridgehead atoms. The molecule has 0 spiro atoms. The van der Waals surface area contributed by atoms with Gasteiger partial charge in [-0.05, 0) is 67.1 Å². The molecule has 0 aliphatic rings. The van der Waals surface area contributed by atoms with Gasteiger partial charge < -0.3 is 20.4 Å². The first-order valence-corrected chi connectivity index (χ1v) is 19.9. The third-order valence-corrected chi connectivity index (χ3v) is 9.99. The highest BCUT2D eigenvalue weighted by Crippen LogP contribution is 2.19. The van der Waals surface area contributed by atoms with E-state index in [-0.39, 0.29) is 42.1 Å². The normalized spacial score (nSPS) is 13.2. The second-order valence-corrected chi connectivity index (χ2v) is 15.5. The van der Waals surface area contributed by atoms with Crippen LogP contribution in [-0.2, 0) is 32.2 Å². The van der Waals surface area contributed by atoms with Gasteiger partial charge in [0, 0.05) is 37.3 Å². The third kappa shape index (κ3) is 12.8. The molecule has 0 fully saturated rings. The quantitative estimate of drug-likeness (QED) is 0.108. The number of phenolic OH excluding ortho intramolecular Hbond substituents is 1. The van der Waals surface area contributed by atoms with Crippen LogP contribution in [0.1, 0.15) is 78.3 Å². The van der Waals surface area contributed by atoms with Crippen molar-refractivity contribution in [3.05, 3.63) is 95.1 Å².